The molecular weight excluding hydrogens is 653 g/mol. The molecule has 298 valence electrons. The molecule has 6 heteroatoms. The third kappa shape index (κ3) is 36.3. The van der Waals surface area contributed by atoms with Gasteiger partial charge in [0.1, 0.15) is 0 Å². The highest BCUT2D eigenvalue weighted by molar-refractivity contribution is 8.13. The van der Waals surface area contributed by atoms with Crippen LogP contribution in [0.25, 0.3) is 0 Å². The van der Waals surface area contributed by atoms with Crippen LogP contribution in [0.5, 0.6) is 0 Å². The number of unbranched alkanes of at least 4 members (excludes halogenated alkanes) is 22. The summed E-state index contributed by atoms with van der Waals surface area (Å²) in [6, 6.07) is 0. The highest BCUT2D eigenvalue weighted by Crippen LogP contribution is 2.25. The zero-order valence-electron chi connectivity index (χ0n) is 34.6. The van der Waals surface area contributed by atoms with Gasteiger partial charge in [-0.05, 0) is 72.1 Å². The SMILES string of the molecule is CCCCCCCCCC(=O)SCCCCCCN(CCCCCCSC(=O)C(CCCCCCCC)CCCCCCCC)CCN(C)C. The van der Waals surface area contributed by atoms with Gasteiger partial charge in [-0.25, -0.2) is 0 Å². The van der Waals surface area contributed by atoms with Crippen molar-refractivity contribution in [2.45, 2.75) is 213 Å². The van der Waals surface area contributed by atoms with Crippen LogP contribution in [0.15, 0.2) is 0 Å². The first-order valence-electron chi connectivity index (χ1n) is 22.1. The molecule has 0 aliphatic carbocycles. The fourth-order valence-electron chi connectivity index (χ4n) is 6.76. The Morgan fingerprint density at radius 1 is 0.440 bits per heavy atom. The van der Waals surface area contributed by atoms with E-state index in [9.17, 15) is 9.59 Å². The van der Waals surface area contributed by atoms with Gasteiger partial charge in [-0.1, -0.05) is 186 Å². The zero-order valence-corrected chi connectivity index (χ0v) is 36.2. The number of carbonyl (C=O) groups excluding carboxylic acids is 2. The molecule has 0 rings (SSSR count). The molecule has 0 aromatic rings. The van der Waals surface area contributed by atoms with Crippen molar-refractivity contribution in [3.8, 4) is 0 Å². The topological polar surface area (TPSA) is 40.6 Å². The molecule has 0 aliphatic heterocycles. The van der Waals surface area contributed by atoms with Crippen LogP contribution in [0.3, 0.4) is 0 Å². The summed E-state index contributed by atoms with van der Waals surface area (Å²) in [5.74, 6) is 2.31. The van der Waals surface area contributed by atoms with Crippen LogP contribution in [-0.4, -0.2) is 71.8 Å². The van der Waals surface area contributed by atoms with Crippen LogP contribution in [0.2, 0.25) is 0 Å². The lowest BCUT2D eigenvalue weighted by Crippen LogP contribution is -2.33. The predicted octanol–water partition coefficient (Wildman–Crippen LogP) is 13.7. The maximum Gasteiger partial charge on any atom is 0.192 e. The van der Waals surface area contributed by atoms with Crippen molar-refractivity contribution in [2.75, 3.05) is 51.8 Å². The van der Waals surface area contributed by atoms with Gasteiger partial charge in [0.15, 0.2) is 10.2 Å². The summed E-state index contributed by atoms with van der Waals surface area (Å²) >= 11 is 3.24. The second-order valence-electron chi connectivity index (χ2n) is 15.5. The Kier molecular flexibility index (Phi) is 40.1. The van der Waals surface area contributed by atoms with Gasteiger partial charge < -0.3 is 9.80 Å². The quantitative estimate of drug-likeness (QED) is 0.0583. The summed E-state index contributed by atoms with van der Waals surface area (Å²) in [6.45, 7) is 11.5. The molecule has 0 aliphatic rings. The molecule has 0 amide bonds. The Hall–Kier alpha value is -0.0400. The molecule has 0 fully saturated rings. The molecular formula is C44H88N2O2S2. The molecule has 0 heterocycles. The minimum absolute atomic E-state index is 0.295. The van der Waals surface area contributed by atoms with Gasteiger partial charge in [-0.15, -0.1) is 0 Å². The number of hydrogen-bond donors (Lipinski definition) is 0. The number of hydrogen-bond acceptors (Lipinski definition) is 6. The van der Waals surface area contributed by atoms with E-state index in [2.05, 4.69) is 44.7 Å². The average Bonchev–Trinajstić information content (AvgIpc) is 3.10. The first kappa shape index (κ1) is 50.0. The summed E-state index contributed by atoms with van der Waals surface area (Å²) in [5.41, 5.74) is 0. The summed E-state index contributed by atoms with van der Waals surface area (Å²) in [5, 5.41) is 0.908. The molecule has 0 bridgehead atoms. The Morgan fingerprint density at radius 3 is 1.32 bits per heavy atom. The van der Waals surface area contributed by atoms with Crippen molar-refractivity contribution >= 4 is 33.8 Å². The monoisotopic (exact) mass is 741 g/mol. The highest BCUT2D eigenvalue weighted by atomic mass is 32.2. The first-order chi connectivity index (χ1) is 24.4. The Bertz CT molecular complexity index is 704. The lowest BCUT2D eigenvalue weighted by Gasteiger charge is -2.24. The second kappa shape index (κ2) is 40.2. The maximum atomic E-state index is 13.2. The Labute approximate surface area is 323 Å². The minimum atomic E-state index is 0.295. The zero-order chi connectivity index (χ0) is 36.8. The summed E-state index contributed by atoms with van der Waals surface area (Å²) in [6.07, 6.45) is 37.7. The van der Waals surface area contributed by atoms with Crippen LogP contribution in [-0.2, 0) is 9.59 Å². The van der Waals surface area contributed by atoms with Crippen molar-refractivity contribution in [2.24, 2.45) is 5.92 Å². The second-order valence-corrected chi connectivity index (χ2v) is 17.8. The standard InChI is InChI=1S/C44H88N2O2S2/c1-6-9-12-15-18-21-28-35-43(47)49-40-31-24-22-29-36-46(39-38-45(4)5)37-30-23-25-32-41-50-44(48)42(33-26-19-16-13-10-7-2)34-27-20-17-14-11-8-3/h42H,6-41H2,1-5H3. The number of rotatable bonds is 40. The molecule has 4 nitrogen and oxygen atoms in total. The minimum Gasteiger partial charge on any atom is -0.308 e. The van der Waals surface area contributed by atoms with Crippen molar-refractivity contribution < 1.29 is 9.59 Å². The summed E-state index contributed by atoms with van der Waals surface area (Å²) in [4.78, 5) is 30.4. The average molecular weight is 741 g/mol. The van der Waals surface area contributed by atoms with E-state index in [0.717, 1.165) is 50.3 Å². The van der Waals surface area contributed by atoms with Gasteiger partial charge in [0.2, 0.25) is 0 Å². The van der Waals surface area contributed by atoms with Crippen molar-refractivity contribution in [3.05, 3.63) is 0 Å². The number of nitrogens with zero attached hydrogens (tertiary/aromatic N) is 2. The summed E-state index contributed by atoms with van der Waals surface area (Å²) < 4.78 is 0. The Balaban J connectivity index is 4.16. The van der Waals surface area contributed by atoms with E-state index in [-0.39, 0.29) is 0 Å². The smallest absolute Gasteiger partial charge is 0.192 e. The van der Waals surface area contributed by atoms with E-state index >= 15 is 0 Å². The molecule has 0 aromatic heterocycles. The Morgan fingerprint density at radius 2 is 0.840 bits per heavy atom. The summed E-state index contributed by atoms with van der Waals surface area (Å²) in [7, 11) is 4.35. The number of carbonyl (C=O) groups is 2. The van der Waals surface area contributed by atoms with Gasteiger partial charge >= 0.3 is 0 Å². The molecule has 0 saturated carbocycles. The lowest BCUT2D eigenvalue weighted by molar-refractivity contribution is -0.115. The highest BCUT2D eigenvalue weighted by Gasteiger charge is 2.18. The third-order valence-corrected chi connectivity index (χ3v) is 12.4. The lowest BCUT2D eigenvalue weighted by atomic mass is 9.95. The van der Waals surface area contributed by atoms with E-state index in [1.807, 2.05) is 0 Å². The van der Waals surface area contributed by atoms with E-state index in [1.165, 1.54) is 180 Å². The number of thioether (sulfide) groups is 2. The molecule has 0 spiro atoms. The molecule has 0 atom stereocenters. The van der Waals surface area contributed by atoms with Crippen LogP contribution in [0, 0.1) is 5.92 Å². The van der Waals surface area contributed by atoms with Crippen LogP contribution < -0.4 is 0 Å². The van der Waals surface area contributed by atoms with Gasteiger partial charge in [-0.2, -0.15) is 0 Å². The molecule has 0 aromatic carbocycles. The van der Waals surface area contributed by atoms with Gasteiger partial charge in [0.25, 0.3) is 0 Å². The molecule has 0 unspecified atom stereocenters. The van der Waals surface area contributed by atoms with E-state index < -0.39 is 0 Å². The fraction of sp³-hybridized carbons (Fsp3) is 0.955. The molecule has 0 saturated heterocycles. The van der Waals surface area contributed by atoms with E-state index in [4.69, 9.17) is 0 Å². The first-order valence-corrected chi connectivity index (χ1v) is 24.1. The largest absolute Gasteiger partial charge is 0.308 e. The van der Waals surface area contributed by atoms with Crippen molar-refractivity contribution in [1.82, 2.24) is 9.80 Å². The molecule has 0 N–H and O–H groups in total. The fourth-order valence-corrected chi connectivity index (χ4v) is 8.64. The predicted molar refractivity (Wildman–Crippen MR) is 229 cm³/mol. The van der Waals surface area contributed by atoms with Gasteiger partial charge in [0.05, 0.1) is 0 Å². The van der Waals surface area contributed by atoms with Crippen LogP contribution in [0.4, 0.5) is 0 Å². The normalized spacial score (nSPS) is 11.8. The molecule has 50 heavy (non-hydrogen) atoms. The van der Waals surface area contributed by atoms with E-state index in [1.54, 1.807) is 23.5 Å². The maximum absolute atomic E-state index is 13.2. The molecule has 0 radical (unpaired) electrons. The van der Waals surface area contributed by atoms with Gasteiger partial charge in [-0.3, -0.25) is 9.59 Å². The van der Waals surface area contributed by atoms with Crippen LogP contribution in [0.1, 0.15) is 213 Å². The van der Waals surface area contributed by atoms with E-state index in [0.29, 0.717) is 16.1 Å². The van der Waals surface area contributed by atoms with Crippen LogP contribution >= 0.6 is 23.5 Å². The van der Waals surface area contributed by atoms with Crippen molar-refractivity contribution in [3.63, 3.8) is 0 Å². The third-order valence-electron chi connectivity index (χ3n) is 10.2. The number of likely N-dealkylation sites (N-methyl/N-ethyl adjacent to an activating group) is 1. The van der Waals surface area contributed by atoms with Crippen molar-refractivity contribution in [1.29, 1.82) is 0 Å². The van der Waals surface area contributed by atoms with Gasteiger partial charge in [0, 0.05) is 36.9 Å².